The zero-order valence-corrected chi connectivity index (χ0v) is 18.7. The number of aromatic nitrogens is 2. The fraction of sp³-hybridized carbons (Fsp3) is 0.286. The van der Waals surface area contributed by atoms with Gasteiger partial charge in [0.2, 0.25) is 15.9 Å². The van der Waals surface area contributed by atoms with E-state index in [1.807, 2.05) is 6.07 Å². The molecule has 0 unspecified atom stereocenters. The molecule has 1 aromatic heterocycles. The molecule has 0 atom stereocenters. The van der Waals surface area contributed by atoms with Gasteiger partial charge >= 0.3 is 0 Å². The average molecular weight is 444 g/mol. The van der Waals surface area contributed by atoms with Crippen LogP contribution in [0.4, 0.5) is 5.69 Å². The summed E-state index contributed by atoms with van der Waals surface area (Å²) in [4.78, 5) is 33.7. The smallest absolute Gasteiger partial charge is 0.258 e. The van der Waals surface area contributed by atoms with E-state index in [0.717, 1.165) is 9.87 Å². The standard InChI is InChI=1S/C21H25N5O4S/c1-14-9-10-15(31(29,30)25(2)3)11-18(14)23-20(27)13-26(4)12-19-22-17-8-6-5-7-16(17)21(28)24-19/h5-11H,12-13H2,1-4H3,(H,23,27)(H,22,24,28). The van der Waals surface area contributed by atoms with E-state index >= 15 is 0 Å². The molecular formula is C21H25N5O4S. The van der Waals surface area contributed by atoms with Crippen molar-refractivity contribution in [3.63, 3.8) is 0 Å². The number of fused-ring (bicyclic) bond motifs is 1. The summed E-state index contributed by atoms with van der Waals surface area (Å²) in [5, 5.41) is 3.27. The van der Waals surface area contributed by atoms with Crippen LogP contribution in [0.15, 0.2) is 52.2 Å². The third-order valence-corrected chi connectivity index (χ3v) is 6.57. The molecule has 2 aromatic carbocycles. The van der Waals surface area contributed by atoms with Gasteiger partial charge in [0.1, 0.15) is 5.82 Å². The monoisotopic (exact) mass is 443 g/mol. The second-order valence-corrected chi connectivity index (χ2v) is 9.67. The molecule has 31 heavy (non-hydrogen) atoms. The maximum absolute atomic E-state index is 12.5. The fourth-order valence-electron chi connectivity index (χ4n) is 3.06. The number of H-pyrrole nitrogens is 1. The maximum Gasteiger partial charge on any atom is 0.258 e. The number of nitrogens with zero attached hydrogens (tertiary/aromatic N) is 3. The van der Waals surface area contributed by atoms with Crippen molar-refractivity contribution in [1.29, 1.82) is 0 Å². The summed E-state index contributed by atoms with van der Waals surface area (Å²) in [6.45, 7) is 2.08. The number of carbonyl (C=O) groups is 1. The van der Waals surface area contributed by atoms with Crippen molar-refractivity contribution in [3.8, 4) is 0 Å². The van der Waals surface area contributed by atoms with Gasteiger partial charge in [-0.05, 0) is 43.8 Å². The largest absolute Gasteiger partial charge is 0.325 e. The number of benzene rings is 2. The van der Waals surface area contributed by atoms with Gasteiger partial charge in [-0.2, -0.15) is 0 Å². The van der Waals surface area contributed by atoms with Crippen molar-refractivity contribution in [2.75, 3.05) is 33.0 Å². The van der Waals surface area contributed by atoms with Crippen molar-refractivity contribution in [2.45, 2.75) is 18.4 Å². The highest BCUT2D eigenvalue weighted by Gasteiger charge is 2.19. The number of para-hydroxylation sites is 1. The number of aryl methyl sites for hydroxylation is 1. The minimum atomic E-state index is -3.61. The molecule has 0 aliphatic carbocycles. The zero-order valence-electron chi connectivity index (χ0n) is 17.8. The van der Waals surface area contributed by atoms with Crippen LogP contribution < -0.4 is 10.9 Å². The summed E-state index contributed by atoms with van der Waals surface area (Å²) in [5.41, 5.74) is 1.54. The molecule has 0 spiro atoms. The Morgan fingerprint density at radius 2 is 1.84 bits per heavy atom. The highest BCUT2D eigenvalue weighted by Crippen LogP contribution is 2.22. The first-order valence-electron chi connectivity index (χ1n) is 9.57. The summed E-state index contributed by atoms with van der Waals surface area (Å²) in [6, 6.07) is 11.7. The summed E-state index contributed by atoms with van der Waals surface area (Å²) >= 11 is 0. The Morgan fingerprint density at radius 1 is 1.13 bits per heavy atom. The van der Waals surface area contributed by atoms with Crippen LogP contribution >= 0.6 is 0 Å². The van der Waals surface area contributed by atoms with Crippen molar-refractivity contribution < 1.29 is 13.2 Å². The molecule has 0 radical (unpaired) electrons. The SMILES string of the molecule is Cc1ccc(S(=O)(=O)N(C)C)cc1NC(=O)CN(C)Cc1nc2ccccc2c(=O)[nH]1. The van der Waals surface area contributed by atoms with Crippen LogP contribution in [-0.4, -0.2) is 61.2 Å². The Balaban J connectivity index is 1.70. The van der Waals surface area contributed by atoms with Gasteiger partial charge in [0.05, 0.1) is 28.9 Å². The number of nitrogens with one attached hydrogen (secondary N) is 2. The summed E-state index contributed by atoms with van der Waals surface area (Å²) in [7, 11) is 1.03. The van der Waals surface area contributed by atoms with E-state index in [4.69, 9.17) is 0 Å². The molecule has 9 nitrogen and oxygen atoms in total. The van der Waals surface area contributed by atoms with Gasteiger partial charge in [0.15, 0.2) is 0 Å². The Bertz CT molecular complexity index is 1280. The lowest BCUT2D eigenvalue weighted by atomic mass is 10.2. The molecule has 0 aliphatic rings. The number of hydrogen-bond acceptors (Lipinski definition) is 6. The lowest BCUT2D eigenvalue weighted by molar-refractivity contribution is -0.117. The molecule has 10 heteroatoms. The normalized spacial score (nSPS) is 11.9. The minimum Gasteiger partial charge on any atom is -0.325 e. The number of hydrogen-bond donors (Lipinski definition) is 2. The molecule has 1 heterocycles. The molecular weight excluding hydrogens is 418 g/mol. The van der Waals surface area contributed by atoms with E-state index in [9.17, 15) is 18.0 Å². The van der Waals surface area contributed by atoms with Crippen LogP contribution in [0.25, 0.3) is 10.9 Å². The molecule has 164 valence electrons. The van der Waals surface area contributed by atoms with Crippen LogP contribution in [0.2, 0.25) is 0 Å². The van der Waals surface area contributed by atoms with E-state index < -0.39 is 10.0 Å². The number of carbonyl (C=O) groups excluding carboxylic acids is 1. The van der Waals surface area contributed by atoms with Gasteiger partial charge in [-0.1, -0.05) is 18.2 Å². The van der Waals surface area contributed by atoms with E-state index in [0.29, 0.717) is 22.4 Å². The number of sulfonamides is 1. The topological polar surface area (TPSA) is 115 Å². The quantitative estimate of drug-likeness (QED) is 0.573. The van der Waals surface area contributed by atoms with Crippen LogP contribution in [0, 0.1) is 6.92 Å². The van der Waals surface area contributed by atoms with Crippen LogP contribution in [-0.2, 0) is 21.4 Å². The summed E-state index contributed by atoms with van der Waals surface area (Å²) < 4.78 is 25.8. The van der Waals surface area contributed by atoms with E-state index in [1.165, 1.54) is 26.2 Å². The van der Waals surface area contributed by atoms with Crippen molar-refractivity contribution in [3.05, 3.63) is 64.2 Å². The second kappa shape index (κ2) is 8.96. The Hall–Kier alpha value is -3.08. The number of likely N-dealkylation sites (N-methyl/N-ethyl adjacent to an activating group) is 1. The zero-order chi connectivity index (χ0) is 22.8. The minimum absolute atomic E-state index is 0.0284. The van der Waals surface area contributed by atoms with Crippen LogP contribution in [0.3, 0.4) is 0 Å². The first kappa shape index (κ1) is 22.6. The predicted octanol–water partition coefficient (Wildman–Crippen LogP) is 1.55. The van der Waals surface area contributed by atoms with Gasteiger partial charge in [-0.15, -0.1) is 0 Å². The van der Waals surface area contributed by atoms with Crippen molar-refractivity contribution >= 4 is 32.5 Å². The highest BCUT2D eigenvalue weighted by molar-refractivity contribution is 7.89. The number of aromatic amines is 1. The summed E-state index contributed by atoms with van der Waals surface area (Å²) in [5.74, 6) is 0.141. The van der Waals surface area contributed by atoms with E-state index in [1.54, 1.807) is 43.1 Å². The van der Waals surface area contributed by atoms with E-state index in [2.05, 4.69) is 15.3 Å². The molecule has 0 saturated carbocycles. The maximum atomic E-state index is 12.5. The number of anilines is 1. The number of rotatable bonds is 7. The Kier molecular flexibility index (Phi) is 6.54. The third-order valence-electron chi connectivity index (χ3n) is 4.76. The molecule has 2 N–H and O–H groups in total. The summed E-state index contributed by atoms with van der Waals surface area (Å²) in [6.07, 6.45) is 0. The predicted molar refractivity (Wildman–Crippen MR) is 119 cm³/mol. The van der Waals surface area contributed by atoms with Gasteiger partial charge < -0.3 is 10.3 Å². The van der Waals surface area contributed by atoms with E-state index in [-0.39, 0.29) is 29.5 Å². The molecule has 3 aromatic rings. The third kappa shape index (κ3) is 5.16. The second-order valence-electron chi connectivity index (χ2n) is 7.51. The van der Waals surface area contributed by atoms with Gasteiger partial charge in [-0.25, -0.2) is 17.7 Å². The highest BCUT2D eigenvalue weighted by atomic mass is 32.2. The van der Waals surface area contributed by atoms with Gasteiger partial charge in [-0.3, -0.25) is 14.5 Å². The van der Waals surface area contributed by atoms with Gasteiger partial charge in [0.25, 0.3) is 5.56 Å². The lowest BCUT2D eigenvalue weighted by Gasteiger charge is -2.17. The molecule has 0 bridgehead atoms. The first-order valence-corrected chi connectivity index (χ1v) is 11.0. The van der Waals surface area contributed by atoms with Gasteiger partial charge in [0, 0.05) is 19.8 Å². The molecule has 3 rings (SSSR count). The molecule has 0 saturated heterocycles. The first-order chi connectivity index (χ1) is 14.6. The fourth-order valence-corrected chi connectivity index (χ4v) is 3.99. The molecule has 0 fully saturated rings. The average Bonchev–Trinajstić information content (AvgIpc) is 2.69. The van der Waals surface area contributed by atoms with Crippen molar-refractivity contribution in [1.82, 2.24) is 19.2 Å². The molecule has 1 amide bonds. The Labute approximate surface area is 180 Å². The Morgan fingerprint density at radius 3 is 2.55 bits per heavy atom. The van der Waals surface area contributed by atoms with Crippen molar-refractivity contribution in [2.24, 2.45) is 0 Å². The number of amides is 1. The lowest BCUT2D eigenvalue weighted by Crippen LogP contribution is -2.31. The molecule has 0 aliphatic heterocycles. The van der Waals surface area contributed by atoms with Crippen LogP contribution in [0.1, 0.15) is 11.4 Å². The van der Waals surface area contributed by atoms with Crippen LogP contribution in [0.5, 0.6) is 0 Å².